The molecule has 0 spiro atoms. The summed E-state index contributed by atoms with van der Waals surface area (Å²) in [6.07, 6.45) is 5.51. The van der Waals surface area contributed by atoms with Gasteiger partial charge in [-0.25, -0.2) is 0 Å². The molecule has 1 aromatic carbocycles. The summed E-state index contributed by atoms with van der Waals surface area (Å²) < 4.78 is 1.50. The van der Waals surface area contributed by atoms with Crippen molar-refractivity contribution in [2.75, 3.05) is 0 Å². The highest BCUT2D eigenvalue weighted by Crippen LogP contribution is 2.19. The number of aromatic nitrogens is 6. The second-order valence-electron chi connectivity index (χ2n) is 4.65. The first kappa shape index (κ1) is 12.2. The maximum atomic E-state index is 9.09. The summed E-state index contributed by atoms with van der Waals surface area (Å²) in [7, 11) is 0. The number of fused-ring (bicyclic) bond motifs is 1. The van der Waals surface area contributed by atoms with Gasteiger partial charge in [-0.15, -0.1) is 15.0 Å². The van der Waals surface area contributed by atoms with Gasteiger partial charge in [0.1, 0.15) is 5.69 Å². The largest absolute Gasteiger partial charge is 0.254 e. The molecule has 0 atom stereocenters. The summed E-state index contributed by atoms with van der Waals surface area (Å²) >= 11 is 0. The van der Waals surface area contributed by atoms with Crippen LogP contribution in [-0.2, 0) is 0 Å². The fraction of sp³-hybridized carbons (Fsp3) is 0. The Morgan fingerprint density at radius 1 is 1.09 bits per heavy atom. The Labute approximate surface area is 125 Å². The SMILES string of the molecule is N#Cn1ccc2ccc(-n3nnc(-c4ccccn4)n3)cc21. The van der Waals surface area contributed by atoms with Gasteiger partial charge in [0.2, 0.25) is 5.82 Å². The van der Waals surface area contributed by atoms with E-state index in [0.29, 0.717) is 11.5 Å². The van der Waals surface area contributed by atoms with Gasteiger partial charge in [0, 0.05) is 17.8 Å². The summed E-state index contributed by atoms with van der Waals surface area (Å²) in [4.78, 5) is 5.63. The van der Waals surface area contributed by atoms with Crippen LogP contribution in [0.3, 0.4) is 0 Å². The number of benzene rings is 1. The van der Waals surface area contributed by atoms with Crippen molar-refractivity contribution in [1.82, 2.24) is 29.8 Å². The zero-order chi connectivity index (χ0) is 14.9. The van der Waals surface area contributed by atoms with Crippen molar-refractivity contribution in [3.63, 3.8) is 0 Å². The summed E-state index contributed by atoms with van der Waals surface area (Å²) in [5, 5.41) is 22.5. The maximum Gasteiger partial charge on any atom is 0.223 e. The zero-order valence-electron chi connectivity index (χ0n) is 11.3. The average molecular weight is 287 g/mol. The van der Waals surface area contributed by atoms with E-state index >= 15 is 0 Å². The predicted molar refractivity (Wildman–Crippen MR) is 78.9 cm³/mol. The van der Waals surface area contributed by atoms with Gasteiger partial charge in [-0.05, 0) is 35.5 Å². The van der Waals surface area contributed by atoms with Gasteiger partial charge in [-0.3, -0.25) is 9.55 Å². The normalized spacial score (nSPS) is 10.7. The van der Waals surface area contributed by atoms with Gasteiger partial charge in [0.15, 0.2) is 6.19 Å². The summed E-state index contributed by atoms with van der Waals surface area (Å²) in [5.41, 5.74) is 2.20. The molecule has 0 aliphatic carbocycles. The molecule has 0 saturated heterocycles. The van der Waals surface area contributed by atoms with Crippen LogP contribution in [0.15, 0.2) is 54.9 Å². The molecule has 0 amide bonds. The first-order chi connectivity index (χ1) is 10.8. The lowest BCUT2D eigenvalue weighted by Gasteiger charge is -1.99. The molecule has 7 nitrogen and oxygen atoms in total. The van der Waals surface area contributed by atoms with Crippen LogP contribution < -0.4 is 0 Å². The van der Waals surface area contributed by atoms with E-state index in [1.54, 1.807) is 12.4 Å². The summed E-state index contributed by atoms with van der Waals surface area (Å²) in [5.74, 6) is 0.455. The quantitative estimate of drug-likeness (QED) is 0.563. The highest BCUT2D eigenvalue weighted by Gasteiger charge is 2.09. The van der Waals surface area contributed by atoms with Crippen molar-refractivity contribution < 1.29 is 0 Å². The lowest BCUT2D eigenvalue weighted by molar-refractivity contribution is 0.720. The lowest BCUT2D eigenvalue weighted by atomic mass is 10.2. The van der Waals surface area contributed by atoms with Crippen molar-refractivity contribution in [3.05, 3.63) is 54.9 Å². The first-order valence-electron chi connectivity index (χ1n) is 6.58. The van der Waals surface area contributed by atoms with E-state index in [0.717, 1.165) is 16.6 Å². The molecule has 0 aliphatic rings. The van der Waals surface area contributed by atoms with Gasteiger partial charge in [0.25, 0.3) is 0 Å². The van der Waals surface area contributed by atoms with Gasteiger partial charge in [-0.2, -0.15) is 5.26 Å². The third-order valence-corrected chi connectivity index (χ3v) is 3.32. The molecule has 0 N–H and O–H groups in total. The Balaban J connectivity index is 1.79. The van der Waals surface area contributed by atoms with Gasteiger partial charge < -0.3 is 0 Å². The van der Waals surface area contributed by atoms with Crippen molar-refractivity contribution in [3.8, 4) is 23.4 Å². The number of tetrazole rings is 1. The van der Waals surface area contributed by atoms with E-state index < -0.39 is 0 Å². The lowest BCUT2D eigenvalue weighted by Crippen LogP contribution is -1.99. The summed E-state index contributed by atoms with van der Waals surface area (Å²) in [6.45, 7) is 0. The molecule has 0 saturated carbocycles. The standard InChI is InChI=1S/C15H9N7/c16-10-21-8-6-11-4-5-12(9-14(11)21)22-19-15(18-20-22)13-3-1-2-7-17-13/h1-9H. The second kappa shape index (κ2) is 4.79. The van der Waals surface area contributed by atoms with Crippen LogP contribution in [0, 0.1) is 11.5 Å². The fourth-order valence-corrected chi connectivity index (χ4v) is 2.25. The molecular weight excluding hydrogens is 278 g/mol. The molecule has 0 radical (unpaired) electrons. The average Bonchev–Trinajstić information content (AvgIpc) is 3.22. The second-order valence-corrected chi connectivity index (χ2v) is 4.65. The Hall–Kier alpha value is -3.53. The molecule has 104 valence electrons. The van der Waals surface area contributed by atoms with Gasteiger partial charge in [0.05, 0.1) is 11.2 Å². The zero-order valence-corrected chi connectivity index (χ0v) is 11.3. The van der Waals surface area contributed by atoms with Crippen molar-refractivity contribution in [2.45, 2.75) is 0 Å². The molecule has 7 heteroatoms. The van der Waals surface area contributed by atoms with Gasteiger partial charge in [-0.1, -0.05) is 12.1 Å². The maximum absolute atomic E-state index is 9.09. The van der Waals surface area contributed by atoms with Crippen LogP contribution >= 0.6 is 0 Å². The Morgan fingerprint density at radius 3 is 2.86 bits per heavy atom. The van der Waals surface area contributed by atoms with Crippen molar-refractivity contribution >= 4 is 10.9 Å². The molecule has 4 rings (SSSR count). The number of hydrogen-bond donors (Lipinski definition) is 0. The Kier molecular flexibility index (Phi) is 2.66. The number of nitriles is 1. The molecule has 4 aromatic rings. The minimum atomic E-state index is 0.455. The number of nitrogens with zero attached hydrogens (tertiary/aromatic N) is 7. The highest BCUT2D eigenvalue weighted by atomic mass is 15.6. The van der Waals surface area contributed by atoms with E-state index in [1.165, 1.54) is 9.36 Å². The van der Waals surface area contributed by atoms with E-state index in [9.17, 15) is 0 Å². The Bertz CT molecular complexity index is 992. The number of pyridine rings is 1. The minimum absolute atomic E-state index is 0.455. The van der Waals surface area contributed by atoms with Crippen LogP contribution in [0.2, 0.25) is 0 Å². The molecule has 3 aromatic heterocycles. The third kappa shape index (κ3) is 1.91. The van der Waals surface area contributed by atoms with Crippen LogP contribution in [0.5, 0.6) is 0 Å². The first-order valence-corrected chi connectivity index (χ1v) is 6.58. The topological polar surface area (TPSA) is 85.2 Å². The van der Waals surface area contributed by atoms with E-state index in [1.807, 2.05) is 42.5 Å². The van der Waals surface area contributed by atoms with Gasteiger partial charge >= 0.3 is 0 Å². The smallest absolute Gasteiger partial charge is 0.223 e. The molecular formula is C15H9N7. The van der Waals surface area contributed by atoms with Crippen molar-refractivity contribution in [2.24, 2.45) is 0 Å². The van der Waals surface area contributed by atoms with Crippen LogP contribution in [0.25, 0.3) is 28.1 Å². The van der Waals surface area contributed by atoms with E-state index in [2.05, 4.69) is 26.6 Å². The summed E-state index contributed by atoms with van der Waals surface area (Å²) in [6, 6.07) is 13.1. The number of hydrogen-bond acceptors (Lipinski definition) is 5. The van der Waals surface area contributed by atoms with E-state index in [4.69, 9.17) is 5.26 Å². The van der Waals surface area contributed by atoms with Crippen LogP contribution in [0.4, 0.5) is 0 Å². The van der Waals surface area contributed by atoms with Crippen LogP contribution in [0.1, 0.15) is 0 Å². The predicted octanol–water partition coefficient (Wildman–Crippen LogP) is 2.01. The molecule has 0 fully saturated rings. The highest BCUT2D eigenvalue weighted by molar-refractivity contribution is 5.82. The Morgan fingerprint density at radius 2 is 2.05 bits per heavy atom. The number of rotatable bonds is 2. The monoisotopic (exact) mass is 287 g/mol. The molecule has 3 heterocycles. The fourth-order valence-electron chi connectivity index (χ4n) is 2.25. The molecule has 0 unspecified atom stereocenters. The third-order valence-electron chi connectivity index (χ3n) is 3.32. The van der Waals surface area contributed by atoms with Crippen LogP contribution in [-0.4, -0.2) is 29.8 Å². The molecule has 0 bridgehead atoms. The molecule has 0 aliphatic heterocycles. The molecule has 22 heavy (non-hydrogen) atoms. The van der Waals surface area contributed by atoms with Crippen molar-refractivity contribution in [1.29, 1.82) is 5.26 Å². The minimum Gasteiger partial charge on any atom is -0.254 e. The van der Waals surface area contributed by atoms with E-state index in [-0.39, 0.29) is 0 Å².